The molecule has 0 aliphatic carbocycles. The van der Waals surface area contributed by atoms with Gasteiger partial charge < -0.3 is 9.84 Å². The molecule has 0 amide bonds. The average Bonchev–Trinajstić information content (AvgIpc) is 2.50. The van der Waals surface area contributed by atoms with Crippen molar-refractivity contribution in [1.29, 1.82) is 0 Å². The van der Waals surface area contributed by atoms with Crippen LogP contribution in [0, 0.1) is 11.8 Å². The molecule has 21 heavy (non-hydrogen) atoms. The van der Waals surface area contributed by atoms with Crippen molar-refractivity contribution in [3.8, 4) is 11.8 Å². The highest BCUT2D eigenvalue weighted by Crippen LogP contribution is 2.18. The quantitative estimate of drug-likeness (QED) is 0.621. The zero-order chi connectivity index (χ0) is 15.9. The molecule has 0 unspecified atom stereocenters. The Labute approximate surface area is 124 Å². The number of nitrogens with zero attached hydrogens (tertiary/aromatic N) is 1. The molecule has 0 aromatic heterocycles. The van der Waals surface area contributed by atoms with Crippen LogP contribution in [0.1, 0.15) is 12.0 Å². The van der Waals surface area contributed by atoms with E-state index >= 15 is 0 Å². The third kappa shape index (κ3) is 4.56. The van der Waals surface area contributed by atoms with Crippen LogP contribution in [0.3, 0.4) is 0 Å². The van der Waals surface area contributed by atoms with Gasteiger partial charge in [0.05, 0.1) is 18.4 Å². The highest BCUT2D eigenvalue weighted by atomic mass is 32.2. The van der Waals surface area contributed by atoms with Gasteiger partial charge in [0.15, 0.2) is 0 Å². The van der Waals surface area contributed by atoms with E-state index in [0.29, 0.717) is 5.56 Å². The summed E-state index contributed by atoms with van der Waals surface area (Å²) in [6, 6.07) is 6.25. The lowest BCUT2D eigenvalue weighted by atomic mass is 10.2. The summed E-state index contributed by atoms with van der Waals surface area (Å²) in [5.74, 6) is 4.55. The highest BCUT2D eigenvalue weighted by molar-refractivity contribution is 7.89. The Morgan fingerprint density at radius 2 is 2.05 bits per heavy atom. The number of aliphatic hydroxyl groups excluding tert-OH is 1. The van der Waals surface area contributed by atoms with E-state index < -0.39 is 16.0 Å². The Hall–Kier alpha value is -1.88. The molecule has 0 bridgehead atoms. The van der Waals surface area contributed by atoms with Gasteiger partial charge in [-0.15, -0.1) is 0 Å². The van der Waals surface area contributed by atoms with Crippen LogP contribution in [0.4, 0.5) is 0 Å². The lowest BCUT2D eigenvalue weighted by Gasteiger charge is -2.17. The molecular formula is C14H17NO5S. The molecule has 0 atom stereocenters. The second-order valence-electron chi connectivity index (χ2n) is 4.11. The normalized spacial score (nSPS) is 10.9. The second-order valence-corrected chi connectivity index (χ2v) is 6.12. The first-order valence-corrected chi connectivity index (χ1v) is 7.59. The van der Waals surface area contributed by atoms with E-state index in [2.05, 4.69) is 16.6 Å². The van der Waals surface area contributed by atoms with E-state index in [4.69, 9.17) is 5.11 Å². The van der Waals surface area contributed by atoms with Crippen molar-refractivity contribution in [2.45, 2.75) is 11.3 Å². The Balaban J connectivity index is 3.05. The number of esters is 1. The summed E-state index contributed by atoms with van der Waals surface area (Å²) < 4.78 is 30.5. The van der Waals surface area contributed by atoms with E-state index in [1.807, 2.05) is 0 Å². The van der Waals surface area contributed by atoms with E-state index in [9.17, 15) is 13.2 Å². The standard InChI is InChI=1S/C14H17NO5S/c1-15(10-9-14(17)20-2)21(18,19)13-8-4-3-6-12(13)7-5-11-16/h3-4,6,8,16H,9-11H2,1-2H3. The van der Waals surface area contributed by atoms with E-state index in [1.165, 1.54) is 20.2 Å². The van der Waals surface area contributed by atoms with Crippen molar-refractivity contribution in [1.82, 2.24) is 4.31 Å². The molecule has 0 heterocycles. The number of methoxy groups -OCH3 is 1. The first-order chi connectivity index (χ1) is 9.93. The minimum absolute atomic E-state index is 0.0107. The minimum atomic E-state index is -3.76. The first kappa shape index (κ1) is 17.2. The highest BCUT2D eigenvalue weighted by Gasteiger charge is 2.23. The van der Waals surface area contributed by atoms with Crippen molar-refractivity contribution >= 4 is 16.0 Å². The van der Waals surface area contributed by atoms with Gasteiger partial charge in [-0.05, 0) is 12.1 Å². The molecule has 1 aromatic rings. The third-order valence-corrected chi connectivity index (χ3v) is 4.65. The molecular weight excluding hydrogens is 294 g/mol. The Kier molecular flexibility index (Phi) is 6.37. The summed E-state index contributed by atoms with van der Waals surface area (Å²) >= 11 is 0. The SMILES string of the molecule is COC(=O)CCN(C)S(=O)(=O)c1ccccc1C#CCO. The monoisotopic (exact) mass is 311 g/mol. The molecule has 0 radical (unpaired) electrons. The molecule has 114 valence electrons. The van der Waals surface area contributed by atoms with Crippen LogP contribution in [0.2, 0.25) is 0 Å². The summed E-state index contributed by atoms with van der Waals surface area (Å²) in [6.07, 6.45) is -0.0310. The maximum absolute atomic E-state index is 12.5. The average molecular weight is 311 g/mol. The van der Waals surface area contributed by atoms with Crippen LogP contribution >= 0.6 is 0 Å². The molecule has 0 aliphatic rings. The maximum Gasteiger partial charge on any atom is 0.306 e. The zero-order valence-electron chi connectivity index (χ0n) is 11.9. The number of rotatable bonds is 5. The number of ether oxygens (including phenoxy) is 1. The third-order valence-electron chi connectivity index (χ3n) is 2.74. The smallest absolute Gasteiger partial charge is 0.306 e. The predicted octanol–water partition coefficient (Wildman–Crippen LogP) is 0.214. The van der Waals surface area contributed by atoms with Gasteiger partial charge in [-0.25, -0.2) is 12.7 Å². The summed E-state index contributed by atoms with van der Waals surface area (Å²) in [5, 5.41) is 8.72. The van der Waals surface area contributed by atoms with Gasteiger partial charge in [0.25, 0.3) is 0 Å². The van der Waals surface area contributed by atoms with Gasteiger partial charge in [0, 0.05) is 19.2 Å². The van der Waals surface area contributed by atoms with Crippen molar-refractivity contribution in [2.75, 3.05) is 27.3 Å². The number of carbonyl (C=O) groups is 1. The Bertz CT molecular complexity index is 657. The molecule has 0 fully saturated rings. The molecule has 6 nitrogen and oxygen atoms in total. The van der Waals surface area contributed by atoms with Crippen molar-refractivity contribution in [2.24, 2.45) is 0 Å². The fraction of sp³-hybridized carbons (Fsp3) is 0.357. The largest absolute Gasteiger partial charge is 0.469 e. The van der Waals surface area contributed by atoms with Gasteiger partial charge in [0.2, 0.25) is 10.0 Å². The number of hydrogen-bond acceptors (Lipinski definition) is 5. The number of hydrogen-bond donors (Lipinski definition) is 1. The van der Waals surface area contributed by atoms with Gasteiger partial charge in [0.1, 0.15) is 6.61 Å². The summed E-state index contributed by atoms with van der Waals surface area (Å²) in [5.41, 5.74) is 0.302. The van der Waals surface area contributed by atoms with E-state index in [1.54, 1.807) is 18.2 Å². The molecule has 0 spiro atoms. The number of carbonyl (C=O) groups excluding carboxylic acids is 1. The second kappa shape index (κ2) is 7.78. The molecule has 1 rings (SSSR count). The van der Waals surface area contributed by atoms with Gasteiger partial charge >= 0.3 is 5.97 Å². The Morgan fingerprint density at radius 3 is 2.67 bits per heavy atom. The van der Waals surface area contributed by atoms with Gasteiger partial charge in [-0.3, -0.25) is 4.79 Å². The lowest BCUT2D eigenvalue weighted by Crippen LogP contribution is -2.30. The van der Waals surface area contributed by atoms with Crippen LogP contribution in [0.5, 0.6) is 0 Å². The zero-order valence-corrected chi connectivity index (χ0v) is 12.7. The van der Waals surface area contributed by atoms with Crippen LogP contribution in [-0.4, -0.2) is 51.1 Å². The Morgan fingerprint density at radius 1 is 1.38 bits per heavy atom. The fourth-order valence-corrected chi connectivity index (χ4v) is 2.88. The van der Waals surface area contributed by atoms with Crippen LogP contribution in [-0.2, 0) is 19.6 Å². The molecule has 0 aliphatic heterocycles. The lowest BCUT2D eigenvalue weighted by molar-refractivity contribution is -0.140. The molecule has 0 saturated carbocycles. The van der Waals surface area contributed by atoms with Crippen molar-refractivity contribution in [3.63, 3.8) is 0 Å². The molecule has 7 heteroatoms. The van der Waals surface area contributed by atoms with Crippen molar-refractivity contribution < 1.29 is 23.1 Å². The maximum atomic E-state index is 12.5. The van der Waals surface area contributed by atoms with Gasteiger partial charge in [-0.2, -0.15) is 0 Å². The van der Waals surface area contributed by atoms with E-state index in [0.717, 1.165) is 4.31 Å². The summed E-state index contributed by atoms with van der Waals surface area (Å²) in [7, 11) is -1.13. The molecule has 1 N–H and O–H groups in total. The first-order valence-electron chi connectivity index (χ1n) is 6.15. The number of aliphatic hydroxyl groups is 1. The summed E-state index contributed by atoms with van der Waals surface area (Å²) in [4.78, 5) is 11.1. The topological polar surface area (TPSA) is 83.9 Å². The van der Waals surface area contributed by atoms with Crippen molar-refractivity contribution in [3.05, 3.63) is 29.8 Å². The minimum Gasteiger partial charge on any atom is -0.469 e. The molecule has 0 saturated heterocycles. The predicted molar refractivity (Wildman–Crippen MR) is 76.9 cm³/mol. The van der Waals surface area contributed by atoms with Crippen LogP contribution < -0.4 is 0 Å². The molecule has 1 aromatic carbocycles. The van der Waals surface area contributed by atoms with Crippen LogP contribution in [0.25, 0.3) is 0 Å². The van der Waals surface area contributed by atoms with Crippen LogP contribution in [0.15, 0.2) is 29.2 Å². The van der Waals surface area contributed by atoms with E-state index in [-0.39, 0.29) is 24.5 Å². The number of sulfonamides is 1. The van der Waals surface area contributed by atoms with Gasteiger partial charge in [-0.1, -0.05) is 24.0 Å². The fourth-order valence-electron chi connectivity index (χ4n) is 1.57. The number of benzene rings is 1. The summed E-state index contributed by atoms with van der Waals surface area (Å²) in [6.45, 7) is -0.344.